The van der Waals surface area contributed by atoms with Gasteiger partial charge in [0.15, 0.2) is 0 Å². The first-order valence-corrected chi connectivity index (χ1v) is 14.4. The van der Waals surface area contributed by atoms with Gasteiger partial charge in [0.25, 0.3) is 10.0 Å². The molecule has 1 saturated heterocycles. The molecule has 9 nitrogen and oxygen atoms in total. The van der Waals surface area contributed by atoms with E-state index in [0.29, 0.717) is 17.3 Å². The summed E-state index contributed by atoms with van der Waals surface area (Å²) in [4.78, 5) is 25.4. The molecule has 0 amide bonds. The van der Waals surface area contributed by atoms with Gasteiger partial charge < -0.3 is 15.1 Å². The number of aliphatic carboxylic acids is 1. The van der Waals surface area contributed by atoms with Gasteiger partial charge in [0, 0.05) is 32.2 Å². The maximum absolute atomic E-state index is 13.2. The van der Waals surface area contributed by atoms with Gasteiger partial charge in [-0.3, -0.25) is 9.62 Å². The lowest BCUT2D eigenvalue weighted by Crippen LogP contribution is -2.51. The van der Waals surface area contributed by atoms with E-state index in [4.69, 9.17) is 9.90 Å². The number of carbonyl (C=O) groups is 2. The zero-order valence-electron chi connectivity index (χ0n) is 22.4. The van der Waals surface area contributed by atoms with Gasteiger partial charge >= 0.3 is 18.1 Å². The van der Waals surface area contributed by atoms with Crippen LogP contribution in [0.25, 0.3) is 0 Å². The third kappa shape index (κ3) is 8.10. The van der Waals surface area contributed by atoms with E-state index in [9.17, 15) is 31.5 Å². The zero-order chi connectivity index (χ0) is 29.7. The number of carboxylic acids is 2. The quantitative estimate of drug-likeness (QED) is 0.438. The highest BCUT2D eigenvalue weighted by molar-refractivity contribution is 7.92. The summed E-state index contributed by atoms with van der Waals surface area (Å²) in [5.74, 6) is -3.84. The van der Waals surface area contributed by atoms with Crippen LogP contribution in [0.15, 0.2) is 41.3 Å². The normalized spacial score (nSPS) is 17.1. The highest BCUT2D eigenvalue weighted by atomic mass is 32.2. The Morgan fingerprint density at radius 2 is 1.52 bits per heavy atom. The topological polar surface area (TPSA) is 127 Å². The summed E-state index contributed by atoms with van der Waals surface area (Å²) in [6.07, 6.45) is 1.36. The number of aromatic carboxylic acids is 1. The minimum absolute atomic E-state index is 0.0536. The standard InChI is InChI=1S/C25H33N3O4S.C2HF3O2/c1-18-8-11-24(19(2)16-18)33(31,32)26-22-17-20(25(29)30)9-10-23(22)28-14-12-27(13-15-28)21-6-4-3-5-7-21;3-2(4,5)1(6)7/h8-11,16-17,21,26H,3-7,12-15H2,1-2H3,(H,29,30);(H,6,7). The van der Waals surface area contributed by atoms with Gasteiger partial charge in [0.1, 0.15) is 0 Å². The smallest absolute Gasteiger partial charge is 0.478 e. The predicted molar refractivity (Wildman–Crippen MR) is 144 cm³/mol. The van der Waals surface area contributed by atoms with E-state index in [1.165, 1.54) is 38.2 Å². The van der Waals surface area contributed by atoms with Gasteiger partial charge in [0.2, 0.25) is 0 Å². The fraction of sp³-hybridized carbons (Fsp3) is 0.481. The first kappa shape index (κ1) is 31.2. The number of halogens is 3. The monoisotopic (exact) mass is 585 g/mol. The van der Waals surface area contributed by atoms with Gasteiger partial charge in [0.05, 0.1) is 21.8 Å². The summed E-state index contributed by atoms with van der Waals surface area (Å²) >= 11 is 0. The van der Waals surface area contributed by atoms with E-state index >= 15 is 0 Å². The van der Waals surface area contributed by atoms with Crippen molar-refractivity contribution in [1.82, 2.24) is 4.90 Å². The van der Waals surface area contributed by atoms with Crippen molar-refractivity contribution in [2.75, 3.05) is 35.8 Å². The molecule has 220 valence electrons. The first-order valence-electron chi connectivity index (χ1n) is 13.0. The predicted octanol–water partition coefficient (Wildman–Crippen LogP) is 4.89. The summed E-state index contributed by atoms with van der Waals surface area (Å²) in [5, 5.41) is 16.6. The van der Waals surface area contributed by atoms with Crippen LogP contribution in [0.3, 0.4) is 0 Å². The van der Waals surface area contributed by atoms with Gasteiger partial charge in [-0.15, -0.1) is 0 Å². The lowest BCUT2D eigenvalue weighted by Gasteiger charge is -2.42. The molecule has 0 atom stereocenters. The molecule has 1 aliphatic carbocycles. The Balaban J connectivity index is 0.000000559. The fourth-order valence-electron chi connectivity index (χ4n) is 5.10. The fourth-order valence-corrected chi connectivity index (χ4v) is 6.39. The molecular weight excluding hydrogens is 551 g/mol. The van der Waals surface area contributed by atoms with Crippen LogP contribution in [-0.2, 0) is 14.8 Å². The maximum Gasteiger partial charge on any atom is 0.490 e. The molecule has 4 rings (SSSR count). The number of benzene rings is 2. The lowest BCUT2D eigenvalue weighted by molar-refractivity contribution is -0.192. The van der Waals surface area contributed by atoms with Gasteiger partial charge in [-0.1, -0.05) is 37.0 Å². The van der Waals surface area contributed by atoms with Gasteiger partial charge in [-0.05, 0) is 56.5 Å². The Morgan fingerprint density at radius 1 is 0.925 bits per heavy atom. The summed E-state index contributed by atoms with van der Waals surface area (Å²) in [6, 6.07) is 10.5. The molecule has 0 radical (unpaired) electrons. The SMILES string of the molecule is Cc1ccc(S(=O)(=O)Nc2cc(C(=O)O)ccc2N2CCN(C3CCCCC3)CC2)c(C)c1.O=C(O)C(F)(F)F. The van der Waals surface area contributed by atoms with E-state index < -0.39 is 28.1 Å². The highest BCUT2D eigenvalue weighted by Crippen LogP contribution is 2.32. The molecule has 0 bridgehead atoms. The molecule has 2 aromatic rings. The molecule has 0 unspecified atom stereocenters. The molecule has 2 fully saturated rings. The highest BCUT2D eigenvalue weighted by Gasteiger charge is 2.38. The molecule has 0 spiro atoms. The van der Waals surface area contributed by atoms with Crippen molar-refractivity contribution < 1.29 is 41.4 Å². The van der Waals surface area contributed by atoms with Crippen molar-refractivity contribution in [3.05, 3.63) is 53.1 Å². The number of hydrogen-bond acceptors (Lipinski definition) is 6. The van der Waals surface area contributed by atoms with Crippen molar-refractivity contribution in [2.45, 2.75) is 63.1 Å². The molecule has 1 saturated carbocycles. The van der Waals surface area contributed by atoms with E-state index in [1.807, 2.05) is 13.0 Å². The molecule has 2 aromatic carbocycles. The van der Waals surface area contributed by atoms with Crippen LogP contribution in [0.4, 0.5) is 24.5 Å². The van der Waals surface area contributed by atoms with Crippen molar-refractivity contribution in [1.29, 1.82) is 0 Å². The number of sulfonamides is 1. The second kappa shape index (κ2) is 12.9. The Labute approximate surface area is 231 Å². The average molecular weight is 586 g/mol. The number of anilines is 2. The molecule has 1 heterocycles. The van der Waals surface area contributed by atoms with E-state index in [0.717, 1.165) is 37.4 Å². The summed E-state index contributed by atoms with van der Waals surface area (Å²) in [5.41, 5.74) is 2.71. The first-order chi connectivity index (χ1) is 18.7. The average Bonchev–Trinajstić information content (AvgIpc) is 2.88. The third-order valence-corrected chi connectivity index (χ3v) is 8.62. The van der Waals surface area contributed by atoms with E-state index in [1.54, 1.807) is 31.2 Å². The van der Waals surface area contributed by atoms with Crippen LogP contribution in [0, 0.1) is 13.8 Å². The van der Waals surface area contributed by atoms with Crippen molar-refractivity contribution in [2.24, 2.45) is 0 Å². The van der Waals surface area contributed by atoms with Gasteiger partial charge in [-0.2, -0.15) is 13.2 Å². The van der Waals surface area contributed by atoms with Crippen LogP contribution >= 0.6 is 0 Å². The van der Waals surface area contributed by atoms with Crippen molar-refractivity contribution in [3.63, 3.8) is 0 Å². The molecule has 0 aromatic heterocycles. The number of aryl methyl sites for hydroxylation is 2. The van der Waals surface area contributed by atoms with Crippen LogP contribution in [0.1, 0.15) is 53.6 Å². The molecule has 2 aliphatic rings. The molecule has 40 heavy (non-hydrogen) atoms. The van der Waals surface area contributed by atoms with Crippen LogP contribution in [0.5, 0.6) is 0 Å². The minimum atomic E-state index is -5.08. The van der Waals surface area contributed by atoms with Crippen molar-refractivity contribution in [3.8, 4) is 0 Å². The number of nitrogens with one attached hydrogen (secondary N) is 1. The van der Waals surface area contributed by atoms with Crippen LogP contribution < -0.4 is 9.62 Å². The number of alkyl halides is 3. The summed E-state index contributed by atoms with van der Waals surface area (Å²) < 4.78 is 60.9. The maximum atomic E-state index is 13.2. The molecule has 3 N–H and O–H groups in total. The van der Waals surface area contributed by atoms with Crippen molar-refractivity contribution >= 4 is 33.3 Å². The molecular formula is C27H34F3N3O6S. The van der Waals surface area contributed by atoms with E-state index in [2.05, 4.69) is 14.5 Å². The summed E-state index contributed by atoms with van der Waals surface area (Å²) in [7, 11) is -3.87. The lowest BCUT2D eigenvalue weighted by atomic mass is 9.94. The number of rotatable bonds is 6. The number of carboxylic acid groups (broad SMARTS) is 2. The Morgan fingerprint density at radius 3 is 2.05 bits per heavy atom. The van der Waals surface area contributed by atoms with Crippen LogP contribution in [-0.4, -0.2) is 73.9 Å². The number of nitrogens with zero attached hydrogens (tertiary/aromatic N) is 2. The van der Waals surface area contributed by atoms with Gasteiger partial charge in [-0.25, -0.2) is 18.0 Å². The Bertz CT molecular complexity index is 1320. The second-order valence-electron chi connectivity index (χ2n) is 10.0. The summed E-state index contributed by atoms with van der Waals surface area (Å²) in [6.45, 7) is 7.09. The number of hydrogen-bond donors (Lipinski definition) is 3. The minimum Gasteiger partial charge on any atom is -0.478 e. The Hall–Kier alpha value is -3.32. The molecule has 13 heteroatoms. The zero-order valence-corrected chi connectivity index (χ0v) is 23.2. The second-order valence-corrected chi connectivity index (χ2v) is 11.7. The third-order valence-electron chi connectivity index (χ3n) is 7.10. The van der Waals surface area contributed by atoms with E-state index in [-0.39, 0.29) is 10.5 Å². The Kier molecular flexibility index (Phi) is 10.1. The molecule has 1 aliphatic heterocycles. The largest absolute Gasteiger partial charge is 0.490 e. The van der Waals surface area contributed by atoms with Crippen LogP contribution in [0.2, 0.25) is 0 Å². The number of piperazine rings is 1.